The third-order valence-electron chi connectivity index (χ3n) is 5.19. The Labute approximate surface area is 169 Å². The summed E-state index contributed by atoms with van der Waals surface area (Å²) in [6.07, 6.45) is 1.30. The number of hydrogen-bond acceptors (Lipinski definition) is 4. The Hall–Kier alpha value is -2.38. The number of amidine groups is 1. The molecule has 0 aromatic heterocycles. The Kier molecular flexibility index (Phi) is 5.12. The first-order chi connectivity index (χ1) is 13.5. The predicted octanol–water partition coefficient (Wildman–Crippen LogP) is 2.82. The predicted molar refractivity (Wildman–Crippen MR) is 108 cm³/mol. The van der Waals surface area contributed by atoms with Gasteiger partial charge < -0.3 is 10.2 Å². The molecule has 2 aromatic rings. The van der Waals surface area contributed by atoms with Crippen LogP contribution in [-0.4, -0.2) is 38.2 Å². The lowest BCUT2D eigenvalue weighted by atomic mass is 9.95. The molecule has 2 aliphatic rings. The highest BCUT2D eigenvalue weighted by Crippen LogP contribution is 2.29. The van der Waals surface area contributed by atoms with Gasteiger partial charge in [-0.25, -0.2) is 0 Å². The Balaban J connectivity index is 1.38. The number of fused-ring (bicyclic) bond motifs is 1. The largest absolute Gasteiger partial charge is 0.355 e. The fourth-order valence-electron chi connectivity index (χ4n) is 3.64. The molecule has 8 heteroatoms. The lowest BCUT2D eigenvalue weighted by Crippen LogP contribution is -2.42. The Morgan fingerprint density at radius 2 is 1.79 bits per heavy atom. The minimum absolute atomic E-state index is 0.000882. The van der Waals surface area contributed by atoms with Crippen molar-refractivity contribution in [3.8, 4) is 0 Å². The van der Waals surface area contributed by atoms with Gasteiger partial charge in [-0.05, 0) is 36.6 Å². The van der Waals surface area contributed by atoms with Crippen molar-refractivity contribution in [1.29, 1.82) is 0 Å². The van der Waals surface area contributed by atoms with E-state index in [0.29, 0.717) is 48.9 Å². The van der Waals surface area contributed by atoms with Gasteiger partial charge in [0.15, 0.2) is 5.84 Å². The number of carbonyl (C=O) groups excluding carboxylic acids is 1. The van der Waals surface area contributed by atoms with Crippen LogP contribution in [0.3, 0.4) is 0 Å². The molecule has 0 radical (unpaired) electrons. The van der Waals surface area contributed by atoms with Gasteiger partial charge >= 0.3 is 0 Å². The number of sulfonamides is 1. The summed E-state index contributed by atoms with van der Waals surface area (Å²) in [5.74, 6) is 0.388. The highest BCUT2D eigenvalue weighted by molar-refractivity contribution is 7.90. The third-order valence-corrected chi connectivity index (χ3v) is 6.88. The molecule has 1 amide bonds. The van der Waals surface area contributed by atoms with E-state index in [9.17, 15) is 13.2 Å². The smallest absolute Gasteiger partial charge is 0.285 e. The maximum Gasteiger partial charge on any atom is 0.285 e. The van der Waals surface area contributed by atoms with Crippen molar-refractivity contribution in [2.75, 3.05) is 13.1 Å². The number of rotatable bonds is 3. The van der Waals surface area contributed by atoms with Gasteiger partial charge in [0.2, 0.25) is 5.91 Å². The molecule has 1 fully saturated rings. The minimum atomic E-state index is -3.62. The molecule has 0 unspecified atom stereocenters. The third kappa shape index (κ3) is 3.64. The molecule has 146 valence electrons. The molecule has 4 rings (SSSR count). The second kappa shape index (κ2) is 7.56. The average Bonchev–Trinajstić information content (AvgIpc) is 2.99. The van der Waals surface area contributed by atoms with E-state index in [-0.39, 0.29) is 16.7 Å². The van der Waals surface area contributed by atoms with Gasteiger partial charge in [0.25, 0.3) is 10.0 Å². The van der Waals surface area contributed by atoms with Crippen LogP contribution < -0.4 is 5.32 Å². The fourth-order valence-corrected chi connectivity index (χ4v) is 5.07. The number of likely N-dealkylation sites (tertiary alicyclic amines) is 1. The van der Waals surface area contributed by atoms with Crippen molar-refractivity contribution in [2.24, 2.45) is 10.3 Å². The van der Waals surface area contributed by atoms with E-state index in [1.165, 1.54) is 0 Å². The van der Waals surface area contributed by atoms with E-state index >= 15 is 0 Å². The normalized spacial score (nSPS) is 18.5. The Morgan fingerprint density at radius 3 is 2.54 bits per heavy atom. The van der Waals surface area contributed by atoms with Crippen LogP contribution in [0.25, 0.3) is 0 Å². The zero-order valence-electron chi connectivity index (χ0n) is 15.1. The molecule has 2 aliphatic heterocycles. The quantitative estimate of drug-likeness (QED) is 0.832. The van der Waals surface area contributed by atoms with Crippen molar-refractivity contribution in [3.63, 3.8) is 0 Å². The van der Waals surface area contributed by atoms with Crippen molar-refractivity contribution in [1.82, 2.24) is 10.2 Å². The Morgan fingerprint density at radius 1 is 1.11 bits per heavy atom. The van der Waals surface area contributed by atoms with Crippen molar-refractivity contribution < 1.29 is 13.2 Å². The molecule has 1 N–H and O–H groups in total. The number of benzene rings is 2. The van der Waals surface area contributed by atoms with E-state index < -0.39 is 10.0 Å². The summed E-state index contributed by atoms with van der Waals surface area (Å²) in [5, 5.41) is 3.59. The molecule has 0 spiro atoms. The van der Waals surface area contributed by atoms with E-state index in [2.05, 4.69) is 9.71 Å². The average molecular weight is 418 g/mol. The van der Waals surface area contributed by atoms with E-state index in [4.69, 9.17) is 11.6 Å². The first-order valence-corrected chi connectivity index (χ1v) is 11.0. The molecule has 0 saturated carbocycles. The van der Waals surface area contributed by atoms with Gasteiger partial charge in [-0.1, -0.05) is 41.9 Å². The lowest BCUT2D eigenvalue weighted by Gasteiger charge is -2.32. The molecule has 2 aromatic carbocycles. The molecule has 28 heavy (non-hydrogen) atoms. The van der Waals surface area contributed by atoms with Gasteiger partial charge in [-0.2, -0.15) is 8.42 Å². The lowest BCUT2D eigenvalue weighted by molar-refractivity contribution is -0.126. The molecule has 6 nitrogen and oxygen atoms in total. The molecule has 2 heterocycles. The van der Waals surface area contributed by atoms with Gasteiger partial charge in [0.1, 0.15) is 4.90 Å². The number of hydrogen-bond donors (Lipinski definition) is 1. The number of halogens is 1. The zero-order valence-corrected chi connectivity index (χ0v) is 16.7. The van der Waals surface area contributed by atoms with Gasteiger partial charge in [0.05, 0.1) is 0 Å². The molecule has 1 saturated heterocycles. The Bertz CT molecular complexity index is 1040. The summed E-state index contributed by atoms with van der Waals surface area (Å²) in [5.41, 5.74) is 1.53. The summed E-state index contributed by atoms with van der Waals surface area (Å²) in [4.78, 5) is 14.7. The number of piperidine rings is 1. The highest BCUT2D eigenvalue weighted by atomic mass is 35.5. The molecule has 0 atom stereocenters. The molecule has 0 bridgehead atoms. The maximum absolute atomic E-state index is 12.5. The highest BCUT2D eigenvalue weighted by Gasteiger charge is 2.34. The fraction of sp³-hybridized carbons (Fsp3) is 0.300. The number of carbonyl (C=O) groups is 1. The molecular weight excluding hydrogens is 398 g/mol. The summed E-state index contributed by atoms with van der Waals surface area (Å²) in [6.45, 7) is 1.58. The van der Waals surface area contributed by atoms with E-state index in [1.807, 2.05) is 29.2 Å². The maximum atomic E-state index is 12.5. The van der Waals surface area contributed by atoms with Crippen molar-refractivity contribution >= 4 is 33.4 Å². The van der Waals surface area contributed by atoms with Gasteiger partial charge in [-0.3, -0.25) is 4.79 Å². The summed E-state index contributed by atoms with van der Waals surface area (Å²) >= 11 is 6.13. The van der Waals surface area contributed by atoms with Crippen LogP contribution >= 0.6 is 11.6 Å². The molecular formula is C20H20ClN3O3S. The first kappa shape index (κ1) is 19.0. The van der Waals surface area contributed by atoms with Crippen LogP contribution in [0.4, 0.5) is 0 Å². The summed E-state index contributed by atoms with van der Waals surface area (Å²) in [7, 11) is -3.62. The van der Waals surface area contributed by atoms with Crippen LogP contribution in [-0.2, 0) is 21.4 Å². The second-order valence-electron chi connectivity index (χ2n) is 6.96. The van der Waals surface area contributed by atoms with Gasteiger partial charge in [-0.15, -0.1) is 4.40 Å². The van der Waals surface area contributed by atoms with Crippen LogP contribution in [0, 0.1) is 5.92 Å². The number of amides is 1. The first-order valence-electron chi connectivity index (χ1n) is 9.16. The van der Waals surface area contributed by atoms with Crippen LogP contribution in [0.5, 0.6) is 0 Å². The SMILES string of the molecule is O=C(NCc1ccccc1Cl)C1CCN(C2=NS(=O)(=O)c3ccccc32)CC1. The van der Waals surface area contributed by atoms with Crippen molar-refractivity contribution in [3.05, 3.63) is 64.7 Å². The number of nitrogens with zero attached hydrogens (tertiary/aromatic N) is 2. The van der Waals surface area contributed by atoms with Crippen LogP contribution in [0.2, 0.25) is 5.02 Å². The van der Waals surface area contributed by atoms with Crippen LogP contribution in [0.1, 0.15) is 24.0 Å². The molecule has 0 aliphatic carbocycles. The zero-order chi connectivity index (χ0) is 19.7. The van der Waals surface area contributed by atoms with E-state index in [0.717, 1.165) is 5.56 Å². The van der Waals surface area contributed by atoms with E-state index in [1.54, 1.807) is 24.3 Å². The minimum Gasteiger partial charge on any atom is -0.355 e. The summed E-state index contributed by atoms with van der Waals surface area (Å²) < 4.78 is 28.4. The van der Waals surface area contributed by atoms with Crippen LogP contribution in [0.15, 0.2) is 57.8 Å². The van der Waals surface area contributed by atoms with Crippen molar-refractivity contribution in [2.45, 2.75) is 24.3 Å². The summed E-state index contributed by atoms with van der Waals surface area (Å²) in [6, 6.07) is 14.3. The second-order valence-corrected chi connectivity index (χ2v) is 8.94. The number of nitrogens with one attached hydrogen (secondary N) is 1. The topological polar surface area (TPSA) is 78.8 Å². The monoisotopic (exact) mass is 417 g/mol. The standard InChI is InChI=1S/C20H20ClN3O3S/c21-17-7-3-1-5-15(17)13-22-20(25)14-9-11-24(12-10-14)19-16-6-2-4-8-18(16)28(26,27)23-19/h1-8,14H,9-13H2,(H,22,25). The van der Waals surface area contributed by atoms with Gasteiger partial charge in [0, 0.05) is 36.1 Å².